The lowest BCUT2D eigenvalue weighted by Gasteiger charge is -2.27. The van der Waals surface area contributed by atoms with Gasteiger partial charge in [0.2, 0.25) is 0 Å². The van der Waals surface area contributed by atoms with Crippen molar-refractivity contribution in [1.82, 2.24) is 0 Å². The number of rotatable bonds is 11. The van der Waals surface area contributed by atoms with E-state index in [0.717, 1.165) is 38.6 Å². The van der Waals surface area contributed by atoms with Gasteiger partial charge in [0, 0.05) is 13.0 Å². The van der Waals surface area contributed by atoms with Gasteiger partial charge in [0.25, 0.3) is 0 Å². The zero-order valence-corrected chi connectivity index (χ0v) is 16.9. The molecular weight excluding hydrogens is 308 g/mol. The predicted octanol–water partition coefficient (Wildman–Crippen LogP) is 6.57. The zero-order valence-electron chi connectivity index (χ0n) is 16.9. The zero-order chi connectivity index (χ0) is 18.5. The first-order chi connectivity index (χ1) is 12.0. The lowest BCUT2D eigenvalue weighted by Crippen LogP contribution is -2.26. The van der Waals surface area contributed by atoms with E-state index >= 15 is 0 Å². The molecule has 0 saturated carbocycles. The number of aldehydes is 1. The third-order valence-corrected chi connectivity index (χ3v) is 5.01. The van der Waals surface area contributed by atoms with E-state index in [4.69, 9.17) is 4.74 Å². The van der Waals surface area contributed by atoms with Crippen LogP contribution in [0.15, 0.2) is 34.9 Å². The monoisotopic (exact) mass is 346 g/mol. The summed E-state index contributed by atoms with van der Waals surface area (Å²) in [5, 5.41) is 0. The van der Waals surface area contributed by atoms with Gasteiger partial charge in [0.05, 0.1) is 6.10 Å². The molecule has 0 unspecified atom stereocenters. The van der Waals surface area contributed by atoms with Gasteiger partial charge in [-0.1, -0.05) is 34.9 Å². The topological polar surface area (TPSA) is 26.3 Å². The fourth-order valence-corrected chi connectivity index (χ4v) is 3.29. The van der Waals surface area contributed by atoms with Crippen molar-refractivity contribution >= 4 is 6.29 Å². The molecule has 0 aromatic carbocycles. The van der Waals surface area contributed by atoms with Crippen LogP contribution in [0, 0.1) is 5.92 Å². The molecule has 0 bridgehead atoms. The van der Waals surface area contributed by atoms with Gasteiger partial charge >= 0.3 is 0 Å². The summed E-state index contributed by atoms with van der Waals surface area (Å²) < 4.78 is 5.76. The lowest BCUT2D eigenvalue weighted by molar-refractivity contribution is -0.112. The molecule has 0 amide bonds. The van der Waals surface area contributed by atoms with E-state index < -0.39 is 0 Å². The molecule has 1 aliphatic rings. The van der Waals surface area contributed by atoms with Crippen LogP contribution in [0.5, 0.6) is 0 Å². The molecule has 2 heteroatoms. The molecule has 0 aliphatic carbocycles. The van der Waals surface area contributed by atoms with Gasteiger partial charge in [0.15, 0.2) is 0 Å². The molecule has 0 aromatic heterocycles. The summed E-state index contributed by atoms with van der Waals surface area (Å²) in [6.45, 7) is 9.66. The lowest BCUT2D eigenvalue weighted by atomic mass is 9.93. The summed E-state index contributed by atoms with van der Waals surface area (Å²) in [5.41, 5.74) is 4.42. The minimum absolute atomic E-state index is 0.179. The molecule has 1 heterocycles. The number of allylic oxidation sites excluding steroid dienone is 6. The molecule has 0 spiro atoms. The highest BCUT2D eigenvalue weighted by atomic mass is 16.5. The fourth-order valence-electron chi connectivity index (χ4n) is 3.29. The number of hydrogen-bond acceptors (Lipinski definition) is 2. The Balaban J connectivity index is 2.15. The van der Waals surface area contributed by atoms with Crippen LogP contribution in [-0.2, 0) is 9.53 Å². The van der Waals surface area contributed by atoms with Crippen LogP contribution in [0.4, 0.5) is 0 Å². The van der Waals surface area contributed by atoms with E-state index in [9.17, 15) is 4.79 Å². The maximum atomic E-state index is 10.5. The van der Waals surface area contributed by atoms with Crippen LogP contribution in [-0.4, -0.2) is 19.0 Å². The molecule has 2 nitrogen and oxygen atoms in total. The summed E-state index contributed by atoms with van der Waals surface area (Å²) in [5.74, 6) is 0.671. The molecule has 0 radical (unpaired) electrons. The standard InChI is InChI=1S/C23H38O2/c1-19(2)8-5-9-20(3)10-6-11-21(4)12-7-13-22-14-15-23(16-17-24)25-18-22/h8,10,12,17,22-23H,5-7,9,11,13-16,18H2,1-4H3/b20-10+,21-12+/t22-,23-/m1/s1. The minimum atomic E-state index is 0.179. The fraction of sp³-hybridized carbons (Fsp3) is 0.696. The number of hydrogen-bond donors (Lipinski definition) is 0. The first-order valence-electron chi connectivity index (χ1n) is 10.0. The van der Waals surface area contributed by atoms with Crippen molar-refractivity contribution in [3.63, 3.8) is 0 Å². The van der Waals surface area contributed by atoms with E-state index in [0.29, 0.717) is 12.3 Å². The number of carbonyl (C=O) groups excluding carboxylic acids is 1. The van der Waals surface area contributed by atoms with Gasteiger partial charge in [-0.05, 0) is 85.0 Å². The Labute approximate surface area is 155 Å². The van der Waals surface area contributed by atoms with Crippen LogP contribution < -0.4 is 0 Å². The van der Waals surface area contributed by atoms with Crippen molar-refractivity contribution in [2.24, 2.45) is 5.92 Å². The maximum Gasteiger partial charge on any atom is 0.122 e. The Bertz CT molecular complexity index is 458. The smallest absolute Gasteiger partial charge is 0.122 e. The third kappa shape index (κ3) is 11.1. The Morgan fingerprint density at radius 1 is 0.920 bits per heavy atom. The van der Waals surface area contributed by atoms with Crippen molar-refractivity contribution in [1.29, 1.82) is 0 Å². The van der Waals surface area contributed by atoms with Gasteiger partial charge < -0.3 is 9.53 Å². The summed E-state index contributed by atoms with van der Waals surface area (Å²) in [6, 6.07) is 0. The summed E-state index contributed by atoms with van der Waals surface area (Å²) in [6.07, 6.45) is 18.1. The van der Waals surface area contributed by atoms with Gasteiger partial charge in [-0.2, -0.15) is 0 Å². The SMILES string of the molecule is CC(C)=CCC/C(C)=C/CC/C(C)=C/CC[C@@H]1CC[C@H](CC=O)OC1. The Kier molecular flexibility index (Phi) is 11.5. The van der Waals surface area contributed by atoms with E-state index in [2.05, 4.69) is 45.9 Å². The Morgan fingerprint density at radius 2 is 1.56 bits per heavy atom. The van der Waals surface area contributed by atoms with Crippen LogP contribution in [0.1, 0.15) is 85.5 Å². The second-order valence-corrected chi connectivity index (χ2v) is 7.84. The van der Waals surface area contributed by atoms with Crippen LogP contribution >= 0.6 is 0 Å². The largest absolute Gasteiger partial charge is 0.377 e. The molecule has 142 valence electrons. The van der Waals surface area contributed by atoms with E-state index in [1.165, 1.54) is 42.4 Å². The number of carbonyl (C=O) groups is 1. The molecule has 25 heavy (non-hydrogen) atoms. The van der Waals surface area contributed by atoms with Gasteiger partial charge in [-0.15, -0.1) is 0 Å². The quantitative estimate of drug-likeness (QED) is 0.312. The van der Waals surface area contributed by atoms with E-state index in [-0.39, 0.29) is 6.10 Å². The molecule has 0 N–H and O–H groups in total. The molecule has 1 saturated heterocycles. The average Bonchev–Trinajstić information content (AvgIpc) is 2.56. The molecule has 1 rings (SSSR count). The Morgan fingerprint density at radius 3 is 2.12 bits per heavy atom. The van der Waals surface area contributed by atoms with E-state index in [1.807, 2.05) is 0 Å². The van der Waals surface area contributed by atoms with E-state index in [1.54, 1.807) is 0 Å². The second kappa shape index (κ2) is 13.1. The normalized spacial score (nSPS) is 21.9. The predicted molar refractivity (Wildman–Crippen MR) is 108 cm³/mol. The van der Waals surface area contributed by atoms with Crippen LogP contribution in [0.2, 0.25) is 0 Å². The third-order valence-electron chi connectivity index (χ3n) is 5.01. The van der Waals surface area contributed by atoms with Gasteiger partial charge in [0.1, 0.15) is 6.29 Å². The van der Waals surface area contributed by atoms with Crippen molar-refractivity contribution in [3.05, 3.63) is 34.9 Å². The van der Waals surface area contributed by atoms with Crippen molar-refractivity contribution in [2.45, 2.75) is 91.6 Å². The van der Waals surface area contributed by atoms with Gasteiger partial charge in [-0.3, -0.25) is 0 Å². The first-order valence-corrected chi connectivity index (χ1v) is 10.0. The Hall–Kier alpha value is -1.15. The number of ether oxygens (including phenoxy) is 1. The highest BCUT2D eigenvalue weighted by Crippen LogP contribution is 2.24. The van der Waals surface area contributed by atoms with Crippen LogP contribution in [0.3, 0.4) is 0 Å². The maximum absolute atomic E-state index is 10.5. The van der Waals surface area contributed by atoms with Crippen molar-refractivity contribution in [2.75, 3.05) is 6.61 Å². The average molecular weight is 347 g/mol. The molecular formula is C23H38O2. The highest BCUT2D eigenvalue weighted by Gasteiger charge is 2.20. The summed E-state index contributed by atoms with van der Waals surface area (Å²) in [7, 11) is 0. The van der Waals surface area contributed by atoms with Crippen molar-refractivity contribution < 1.29 is 9.53 Å². The van der Waals surface area contributed by atoms with Crippen molar-refractivity contribution in [3.8, 4) is 0 Å². The minimum Gasteiger partial charge on any atom is -0.377 e. The second-order valence-electron chi connectivity index (χ2n) is 7.84. The molecule has 2 atom stereocenters. The summed E-state index contributed by atoms with van der Waals surface area (Å²) in [4.78, 5) is 10.5. The molecule has 0 aromatic rings. The highest BCUT2D eigenvalue weighted by molar-refractivity contribution is 5.50. The molecule has 1 aliphatic heterocycles. The first kappa shape index (κ1) is 21.9. The van der Waals surface area contributed by atoms with Crippen LogP contribution in [0.25, 0.3) is 0 Å². The van der Waals surface area contributed by atoms with Gasteiger partial charge in [-0.25, -0.2) is 0 Å². The summed E-state index contributed by atoms with van der Waals surface area (Å²) >= 11 is 0. The molecule has 1 fully saturated rings.